The number of rotatable bonds is 7. The van der Waals surface area contributed by atoms with Crippen molar-refractivity contribution in [2.75, 3.05) is 13.2 Å². The number of Topliss-reactive ketones (excluding diaryl/α,β-unsaturated/α-hetero) is 1. The minimum absolute atomic E-state index is 0.0370. The van der Waals surface area contributed by atoms with Crippen LogP contribution in [0.1, 0.15) is 40.0 Å². The molecular formula is C12H22O4. The van der Waals surface area contributed by atoms with Crippen LogP contribution in [0.25, 0.3) is 0 Å². The van der Waals surface area contributed by atoms with Gasteiger partial charge in [0.15, 0.2) is 6.29 Å². The van der Waals surface area contributed by atoms with Gasteiger partial charge >= 0.3 is 0 Å². The summed E-state index contributed by atoms with van der Waals surface area (Å²) in [6, 6.07) is 0. The normalized spacial score (nSPS) is 14.2. The van der Waals surface area contributed by atoms with Crippen molar-refractivity contribution >= 4 is 12.1 Å². The van der Waals surface area contributed by atoms with Crippen LogP contribution in [0.2, 0.25) is 0 Å². The van der Waals surface area contributed by atoms with Crippen molar-refractivity contribution < 1.29 is 19.1 Å². The van der Waals surface area contributed by atoms with E-state index in [0.717, 1.165) is 26.1 Å². The molecule has 0 aliphatic heterocycles. The van der Waals surface area contributed by atoms with Gasteiger partial charge in [0.25, 0.3) is 0 Å². The van der Waals surface area contributed by atoms with Crippen molar-refractivity contribution in [1.29, 1.82) is 0 Å². The quantitative estimate of drug-likeness (QED) is 0.381. The molecule has 0 spiro atoms. The van der Waals surface area contributed by atoms with E-state index in [1.165, 1.54) is 0 Å². The first-order valence-corrected chi connectivity index (χ1v) is 5.85. The fourth-order valence-electron chi connectivity index (χ4n) is 1.17. The van der Waals surface area contributed by atoms with Crippen LogP contribution in [0, 0.1) is 5.92 Å². The van der Waals surface area contributed by atoms with Gasteiger partial charge in [0.2, 0.25) is 0 Å². The number of carbonyl (C=O) groups is 2. The van der Waals surface area contributed by atoms with Gasteiger partial charge in [0.05, 0.1) is 6.42 Å². The molecule has 0 aromatic rings. The van der Waals surface area contributed by atoms with Crippen LogP contribution in [0.4, 0.5) is 0 Å². The van der Waals surface area contributed by atoms with Crippen LogP contribution in [-0.4, -0.2) is 31.6 Å². The Labute approximate surface area is 97.3 Å². The van der Waals surface area contributed by atoms with Crippen molar-refractivity contribution in [2.45, 2.75) is 46.3 Å². The van der Waals surface area contributed by atoms with Gasteiger partial charge in [-0.1, -0.05) is 0 Å². The van der Waals surface area contributed by atoms with Crippen molar-refractivity contribution in [2.24, 2.45) is 5.92 Å². The zero-order chi connectivity index (χ0) is 12.4. The van der Waals surface area contributed by atoms with E-state index in [1.54, 1.807) is 0 Å². The van der Waals surface area contributed by atoms with Crippen LogP contribution in [-0.2, 0) is 19.1 Å². The van der Waals surface area contributed by atoms with Crippen LogP contribution in [0.15, 0.2) is 0 Å². The molecule has 16 heavy (non-hydrogen) atoms. The second-order valence-electron chi connectivity index (χ2n) is 3.59. The Morgan fingerprint density at radius 2 is 1.81 bits per heavy atom. The third kappa shape index (κ3) is 8.56. The summed E-state index contributed by atoms with van der Waals surface area (Å²) in [4.78, 5) is 20.3. The minimum Gasteiger partial charge on any atom is -0.353 e. The molecular weight excluding hydrogens is 208 g/mol. The molecule has 94 valence electrons. The average molecular weight is 230 g/mol. The Bertz CT molecular complexity index is 193. The van der Waals surface area contributed by atoms with Crippen LogP contribution in [0.3, 0.4) is 0 Å². The molecule has 0 radical (unpaired) electrons. The topological polar surface area (TPSA) is 52.6 Å². The predicted octanol–water partition coefficient (Wildman–Crippen LogP) is 1.96. The second kappa shape index (κ2) is 9.48. The van der Waals surface area contributed by atoms with Crippen molar-refractivity contribution in [3.8, 4) is 0 Å². The fraction of sp³-hybridized carbons (Fsp3) is 0.833. The maximum absolute atomic E-state index is 10.6. The number of hydrogen-bond acceptors (Lipinski definition) is 4. The van der Waals surface area contributed by atoms with E-state index in [9.17, 15) is 9.59 Å². The van der Waals surface area contributed by atoms with Crippen LogP contribution in [0.5, 0.6) is 0 Å². The largest absolute Gasteiger partial charge is 0.353 e. The molecule has 0 atom stereocenters. The van der Waals surface area contributed by atoms with Gasteiger partial charge in [0, 0.05) is 19.1 Å². The van der Waals surface area contributed by atoms with E-state index in [0.29, 0.717) is 6.29 Å². The monoisotopic (exact) mass is 230 g/mol. The first-order chi connectivity index (χ1) is 7.65. The summed E-state index contributed by atoms with van der Waals surface area (Å²) in [5, 5.41) is 0. The van der Waals surface area contributed by atoms with Crippen LogP contribution < -0.4 is 0 Å². The average Bonchev–Trinajstić information content (AvgIpc) is 3.03. The first-order valence-electron chi connectivity index (χ1n) is 5.85. The summed E-state index contributed by atoms with van der Waals surface area (Å²) in [6.45, 7) is 7.25. The van der Waals surface area contributed by atoms with E-state index < -0.39 is 0 Å². The lowest BCUT2D eigenvalue weighted by Crippen LogP contribution is -2.11. The summed E-state index contributed by atoms with van der Waals surface area (Å²) in [5.41, 5.74) is 0. The standard InChI is InChI=1S/C6H8O2.C6H14O2/c7-4-3-6(8)5-1-2-5;1-4-7-6(3)8-5-2/h4-5H,1-3H2;6H,4-5H2,1-3H3. The third-order valence-corrected chi connectivity index (χ3v) is 2.12. The zero-order valence-electron chi connectivity index (χ0n) is 10.4. The number of ether oxygens (including phenoxy) is 2. The van der Waals surface area contributed by atoms with E-state index in [4.69, 9.17) is 9.47 Å². The molecule has 0 aromatic carbocycles. The molecule has 4 heteroatoms. The fourth-order valence-corrected chi connectivity index (χ4v) is 1.17. The lowest BCUT2D eigenvalue weighted by Gasteiger charge is -2.09. The minimum atomic E-state index is -0.0370. The van der Waals surface area contributed by atoms with E-state index in [-0.39, 0.29) is 24.4 Å². The number of ketones is 1. The molecule has 0 N–H and O–H groups in total. The maximum Gasteiger partial charge on any atom is 0.154 e. The van der Waals surface area contributed by atoms with Gasteiger partial charge in [-0.2, -0.15) is 0 Å². The molecule has 0 aromatic heterocycles. The van der Waals surface area contributed by atoms with Gasteiger partial charge in [-0.15, -0.1) is 0 Å². The number of carbonyl (C=O) groups excluding carboxylic acids is 2. The molecule has 0 saturated heterocycles. The third-order valence-electron chi connectivity index (χ3n) is 2.12. The molecule has 0 bridgehead atoms. The lowest BCUT2D eigenvalue weighted by molar-refractivity contribution is -0.123. The van der Waals surface area contributed by atoms with Crippen LogP contribution >= 0.6 is 0 Å². The van der Waals surface area contributed by atoms with E-state index in [1.807, 2.05) is 20.8 Å². The zero-order valence-corrected chi connectivity index (χ0v) is 10.4. The van der Waals surface area contributed by atoms with Gasteiger partial charge in [-0.3, -0.25) is 4.79 Å². The van der Waals surface area contributed by atoms with Gasteiger partial charge in [-0.25, -0.2) is 0 Å². The number of hydrogen-bond donors (Lipinski definition) is 0. The first kappa shape index (κ1) is 15.3. The Kier molecular flexibility index (Phi) is 9.04. The van der Waals surface area contributed by atoms with Crippen molar-refractivity contribution in [3.05, 3.63) is 0 Å². The molecule has 1 saturated carbocycles. The summed E-state index contributed by atoms with van der Waals surface area (Å²) < 4.78 is 10.1. The summed E-state index contributed by atoms with van der Waals surface area (Å²) in [6.07, 6.45) is 2.79. The molecule has 0 heterocycles. The molecule has 1 rings (SSSR count). The number of aldehydes is 1. The van der Waals surface area contributed by atoms with Crippen molar-refractivity contribution in [3.63, 3.8) is 0 Å². The Balaban J connectivity index is 0.000000281. The molecule has 1 aliphatic carbocycles. The second-order valence-corrected chi connectivity index (χ2v) is 3.59. The Morgan fingerprint density at radius 1 is 1.31 bits per heavy atom. The maximum atomic E-state index is 10.6. The highest BCUT2D eigenvalue weighted by Gasteiger charge is 2.28. The molecule has 4 nitrogen and oxygen atoms in total. The highest BCUT2D eigenvalue weighted by atomic mass is 16.7. The van der Waals surface area contributed by atoms with Gasteiger partial charge in [-0.05, 0) is 33.6 Å². The molecule has 0 amide bonds. The summed E-state index contributed by atoms with van der Waals surface area (Å²) in [7, 11) is 0. The smallest absolute Gasteiger partial charge is 0.154 e. The van der Waals surface area contributed by atoms with Gasteiger partial charge in [0.1, 0.15) is 12.1 Å². The SMILES string of the molecule is CCOC(C)OCC.O=CCC(=O)C1CC1. The molecule has 1 aliphatic rings. The highest BCUT2D eigenvalue weighted by molar-refractivity contribution is 5.92. The Morgan fingerprint density at radius 3 is 2.12 bits per heavy atom. The summed E-state index contributed by atoms with van der Waals surface area (Å²) in [5.74, 6) is 0.375. The predicted molar refractivity (Wildman–Crippen MR) is 61.1 cm³/mol. The summed E-state index contributed by atoms with van der Waals surface area (Å²) >= 11 is 0. The van der Waals surface area contributed by atoms with Crippen molar-refractivity contribution in [1.82, 2.24) is 0 Å². The molecule has 0 unspecified atom stereocenters. The molecule has 1 fully saturated rings. The lowest BCUT2D eigenvalue weighted by atomic mass is 10.2. The Hall–Kier alpha value is -0.740. The van der Waals surface area contributed by atoms with Gasteiger partial charge < -0.3 is 14.3 Å². The highest BCUT2D eigenvalue weighted by Crippen LogP contribution is 2.30. The van der Waals surface area contributed by atoms with E-state index >= 15 is 0 Å². The van der Waals surface area contributed by atoms with E-state index in [2.05, 4.69) is 0 Å².